The van der Waals surface area contributed by atoms with E-state index in [1.54, 1.807) is 32.0 Å². The fourth-order valence-corrected chi connectivity index (χ4v) is 2.75. The number of ether oxygens (including phenoxy) is 1. The van der Waals surface area contributed by atoms with E-state index in [0.29, 0.717) is 24.0 Å². The zero-order chi connectivity index (χ0) is 22.3. The van der Waals surface area contributed by atoms with E-state index >= 15 is 0 Å². The summed E-state index contributed by atoms with van der Waals surface area (Å²) in [6.45, 7) is 5.18. The van der Waals surface area contributed by atoms with Crippen molar-refractivity contribution in [3.05, 3.63) is 69.8 Å². The number of benzene rings is 2. The number of carboxylic acids is 2. The summed E-state index contributed by atoms with van der Waals surface area (Å²) in [5, 5.41) is 18.6. The number of aryl methyl sites for hydroxylation is 2. The van der Waals surface area contributed by atoms with Crippen LogP contribution in [0.3, 0.4) is 0 Å². The van der Waals surface area contributed by atoms with Crippen LogP contribution < -0.4 is 0 Å². The summed E-state index contributed by atoms with van der Waals surface area (Å²) in [6, 6.07) is 9.27. The van der Waals surface area contributed by atoms with Crippen LogP contribution in [0, 0.1) is 13.8 Å². The van der Waals surface area contributed by atoms with Gasteiger partial charge in [0.15, 0.2) is 0 Å². The van der Waals surface area contributed by atoms with E-state index in [9.17, 15) is 24.6 Å². The second-order valence-corrected chi connectivity index (χ2v) is 6.80. The first-order valence-electron chi connectivity index (χ1n) is 9.39. The Morgan fingerprint density at radius 3 is 2.10 bits per heavy atom. The highest BCUT2D eigenvalue weighted by atomic mass is 17.2. The van der Waals surface area contributed by atoms with Crippen LogP contribution in [-0.2, 0) is 21.1 Å². The van der Waals surface area contributed by atoms with Gasteiger partial charge in [-0.25, -0.2) is 19.3 Å². The van der Waals surface area contributed by atoms with Crippen molar-refractivity contribution in [3.63, 3.8) is 0 Å². The molecule has 2 aromatic rings. The van der Waals surface area contributed by atoms with Gasteiger partial charge in [-0.2, -0.15) is 4.89 Å². The molecule has 0 heterocycles. The molecule has 0 radical (unpaired) electrons. The molecule has 0 aliphatic rings. The maximum absolute atomic E-state index is 12.5. The molecule has 0 fully saturated rings. The van der Waals surface area contributed by atoms with Crippen LogP contribution >= 0.6 is 0 Å². The number of rotatable bonds is 10. The Morgan fingerprint density at radius 1 is 0.900 bits per heavy atom. The van der Waals surface area contributed by atoms with E-state index in [1.807, 2.05) is 6.92 Å². The van der Waals surface area contributed by atoms with E-state index in [-0.39, 0.29) is 23.3 Å². The molecule has 0 aliphatic heterocycles. The lowest BCUT2D eigenvalue weighted by Crippen LogP contribution is -2.23. The first kappa shape index (κ1) is 23.1. The molecule has 0 aliphatic carbocycles. The minimum atomic E-state index is -1.24. The predicted octanol–water partition coefficient (Wildman–Crippen LogP) is 4.13. The summed E-state index contributed by atoms with van der Waals surface area (Å²) in [6.07, 6.45) is -0.171. The molecule has 2 rings (SSSR count). The topological polar surface area (TPSA) is 119 Å². The van der Waals surface area contributed by atoms with E-state index in [2.05, 4.69) is 0 Å². The number of hydrogen-bond donors (Lipinski definition) is 2. The number of carboxylic acid groups (broad SMARTS) is 2. The van der Waals surface area contributed by atoms with Gasteiger partial charge in [0.25, 0.3) is 0 Å². The lowest BCUT2D eigenvalue weighted by molar-refractivity contribution is -0.375. The van der Waals surface area contributed by atoms with Gasteiger partial charge in [0.2, 0.25) is 6.29 Å². The van der Waals surface area contributed by atoms with E-state index in [1.165, 1.54) is 18.2 Å². The Kier molecular flexibility index (Phi) is 8.08. The number of carbonyl (C=O) groups excluding carboxylic acids is 1. The number of carbonyl (C=O) groups is 3. The maximum Gasteiger partial charge on any atom is 0.341 e. The molecule has 0 bridgehead atoms. The minimum Gasteiger partial charge on any atom is -0.478 e. The highest BCUT2D eigenvalue weighted by molar-refractivity contribution is 6.02. The van der Waals surface area contributed by atoms with Gasteiger partial charge >= 0.3 is 17.9 Å². The molecule has 0 saturated carbocycles. The third-order valence-electron chi connectivity index (χ3n) is 4.27. The quantitative estimate of drug-likeness (QED) is 0.257. The smallest absolute Gasteiger partial charge is 0.341 e. The van der Waals surface area contributed by atoms with E-state index in [0.717, 1.165) is 5.56 Å². The summed E-state index contributed by atoms with van der Waals surface area (Å²) < 4.78 is 5.28. The SMILES string of the molecule is CCCC(OOCc1ccc(C)cc1C(=O)O)OC(=O)c1ccc(C)cc1C(=O)O. The molecular weight excluding hydrogens is 392 g/mol. The van der Waals surface area contributed by atoms with Crippen molar-refractivity contribution in [2.75, 3.05) is 0 Å². The van der Waals surface area contributed by atoms with Crippen molar-refractivity contribution in [2.45, 2.75) is 46.5 Å². The second kappa shape index (κ2) is 10.5. The average molecular weight is 416 g/mol. The Hall–Kier alpha value is -3.23. The van der Waals surface area contributed by atoms with Crippen LogP contribution in [0.4, 0.5) is 0 Å². The fourth-order valence-electron chi connectivity index (χ4n) is 2.75. The number of esters is 1. The van der Waals surface area contributed by atoms with Crippen LogP contribution in [-0.4, -0.2) is 34.4 Å². The summed E-state index contributed by atoms with van der Waals surface area (Å²) >= 11 is 0. The summed E-state index contributed by atoms with van der Waals surface area (Å²) in [5.41, 5.74) is 1.73. The highest BCUT2D eigenvalue weighted by Gasteiger charge is 2.22. The monoisotopic (exact) mass is 416 g/mol. The van der Waals surface area contributed by atoms with Gasteiger partial charge in [-0.1, -0.05) is 42.7 Å². The molecular formula is C22H24O8. The van der Waals surface area contributed by atoms with Gasteiger partial charge in [0.05, 0.1) is 16.7 Å². The summed E-state index contributed by atoms with van der Waals surface area (Å²) in [5.74, 6) is -3.18. The number of aromatic carboxylic acids is 2. The van der Waals surface area contributed by atoms with Crippen molar-refractivity contribution in [2.24, 2.45) is 0 Å². The average Bonchev–Trinajstić information content (AvgIpc) is 2.68. The molecule has 160 valence electrons. The van der Waals surface area contributed by atoms with Crippen molar-refractivity contribution in [3.8, 4) is 0 Å². The zero-order valence-electron chi connectivity index (χ0n) is 17.0. The normalized spacial score (nSPS) is 11.7. The minimum absolute atomic E-state index is 0.0911. The number of hydrogen-bond acceptors (Lipinski definition) is 6. The van der Waals surface area contributed by atoms with Crippen LogP contribution in [0.1, 0.15) is 67.5 Å². The molecule has 0 aromatic heterocycles. The van der Waals surface area contributed by atoms with E-state index in [4.69, 9.17) is 14.5 Å². The molecule has 1 unspecified atom stereocenters. The first-order valence-corrected chi connectivity index (χ1v) is 9.39. The third-order valence-corrected chi connectivity index (χ3v) is 4.27. The van der Waals surface area contributed by atoms with Crippen LogP contribution in [0.5, 0.6) is 0 Å². The Balaban J connectivity index is 2.06. The lowest BCUT2D eigenvalue weighted by Gasteiger charge is -2.18. The first-order chi connectivity index (χ1) is 14.2. The van der Waals surface area contributed by atoms with Crippen molar-refractivity contribution >= 4 is 17.9 Å². The molecule has 2 aromatic carbocycles. The van der Waals surface area contributed by atoms with Gasteiger partial charge < -0.3 is 14.9 Å². The van der Waals surface area contributed by atoms with Gasteiger partial charge in [-0.15, -0.1) is 0 Å². The molecule has 2 N–H and O–H groups in total. The maximum atomic E-state index is 12.5. The molecule has 8 nitrogen and oxygen atoms in total. The largest absolute Gasteiger partial charge is 0.478 e. The molecule has 30 heavy (non-hydrogen) atoms. The second-order valence-electron chi connectivity index (χ2n) is 6.80. The lowest BCUT2D eigenvalue weighted by atomic mass is 10.0. The Morgan fingerprint density at radius 2 is 1.50 bits per heavy atom. The van der Waals surface area contributed by atoms with Crippen LogP contribution in [0.2, 0.25) is 0 Å². The molecule has 1 atom stereocenters. The zero-order valence-corrected chi connectivity index (χ0v) is 17.0. The van der Waals surface area contributed by atoms with Gasteiger partial charge in [-0.05, 0) is 37.6 Å². The van der Waals surface area contributed by atoms with Crippen LogP contribution in [0.25, 0.3) is 0 Å². The standard InChI is InChI=1S/C22H24O8/c1-4-5-19(29-22(27)16-9-7-14(3)11-18(16)21(25)26)30-28-12-15-8-6-13(2)10-17(15)20(23)24/h6-11,19H,4-5,12H2,1-3H3,(H,23,24)(H,25,26). The van der Waals surface area contributed by atoms with Gasteiger partial charge in [0, 0.05) is 6.42 Å². The summed E-state index contributed by atoms with van der Waals surface area (Å²) in [4.78, 5) is 45.6. The Labute approximate surface area is 173 Å². The summed E-state index contributed by atoms with van der Waals surface area (Å²) in [7, 11) is 0. The molecule has 8 heteroatoms. The highest BCUT2D eigenvalue weighted by Crippen LogP contribution is 2.18. The predicted molar refractivity (Wildman–Crippen MR) is 106 cm³/mol. The van der Waals surface area contributed by atoms with Gasteiger partial charge in [0.1, 0.15) is 6.61 Å². The van der Waals surface area contributed by atoms with Crippen molar-refractivity contribution in [1.82, 2.24) is 0 Å². The Bertz CT molecular complexity index is 935. The van der Waals surface area contributed by atoms with Crippen LogP contribution in [0.15, 0.2) is 36.4 Å². The third kappa shape index (κ3) is 6.13. The van der Waals surface area contributed by atoms with Crippen molar-refractivity contribution < 1.29 is 39.1 Å². The van der Waals surface area contributed by atoms with Gasteiger partial charge in [-0.3, -0.25) is 0 Å². The van der Waals surface area contributed by atoms with E-state index < -0.39 is 24.2 Å². The molecule has 0 amide bonds. The van der Waals surface area contributed by atoms with Crippen molar-refractivity contribution in [1.29, 1.82) is 0 Å². The fraction of sp³-hybridized carbons (Fsp3) is 0.318. The molecule has 0 spiro atoms. The molecule has 0 saturated heterocycles.